The molecule has 1 aromatic carbocycles. The molecule has 0 bridgehead atoms. The number of aryl methyl sites for hydroxylation is 2. The fourth-order valence-electron chi connectivity index (χ4n) is 2.97. The summed E-state index contributed by atoms with van der Waals surface area (Å²) in [5.74, 6) is 1.54. The summed E-state index contributed by atoms with van der Waals surface area (Å²) in [6.45, 7) is 5.13. The van der Waals surface area contributed by atoms with Gasteiger partial charge in [0, 0.05) is 56.2 Å². The molecular formula is C18H23ClN4O2. The van der Waals surface area contributed by atoms with E-state index in [-0.39, 0.29) is 5.91 Å². The average molecular weight is 363 g/mol. The van der Waals surface area contributed by atoms with Crippen LogP contribution in [0, 0.1) is 0 Å². The van der Waals surface area contributed by atoms with Crippen molar-refractivity contribution in [3.8, 4) is 0 Å². The Balaban J connectivity index is 1.42. The Kier molecular flexibility index (Phi) is 5.91. The first kappa shape index (κ1) is 17.7. The highest BCUT2D eigenvalue weighted by Crippen LogP contribution is 2.21. The summed E-state index contributed by atoms with van der Waals surface area (Å²) in [5, 5.41) is 4.61. The summed E-state index contributed by atoms with van der Waals surface area (Å²) in [7, 11) is 0. The van der Waals surface area contributed by atoms with Gasteiger partial charge in [-0.2, -0.15) is 4.98 Å². The van der Waals surface area contributed by atoms with Gasteiger partial charge in [-0.25, -0.2) is 0 Å². The van der Waals surface area contributed by atoms with Gasteiger partial charge in [-0.15, -0.1) is 0 Å². The van der Waals surface area contributed by atoms with Gasteiger partial charge in [0.2, 0.25) is 11.8 Å². The Labute approximate surface area is 152 Å². The van der Waals surface area contributed by atoms with Gasteiger partial charge < -0.3 is 14.3 Å². The number of anilines is 1. The third-order valence-corrected chi connectivity index (χ3v) is 4.65. The molecular weight excluding hydrogens is 340 g/mol. The van der Waals surface area contributed by atoms with Crippen molar-refractivity contribution in [2.24, 2.45) is 0 Å². The number of halogens is 1. The molecule has 1 amide bonds. The number of aromatic nitrogens is 2. The summed E-state index contributed by atoms with van der Waals surface area (Å²) >= 11 is 6.05. The predicted octanol–water partition coefficient (Wildman–Crippen LogP) is 2.96. The van der Waals surface area contributed by atoms with Gasteiger partial charge >= 0.3 is 0 Å². The van der Waals surface area contributed by atoms with Crippen molar-refractivity contribution in [3.63, 3.8) is 0 Å². The topological polar surface area (TPSA) is 62.5 Å². The molecule has 2 aromatic rings. The smallest absolute Gasteiger partial charge is 0.226 e. The van der Waals surface area contributed by atoms with E-state index < -0.39 is 0 Å². The van der Waals surface area contributed by atoms with Crippen molar-refractivity contribution in [2.45, 2.75) is 32.6 Å². The van der Waals surface area contributed by atoms with Crippen molar-refractivity contribution < 1.29 is 9.32 Å². The van der Waals surface area contributed by atoms with Gasteiger partial charge in [0.1, 0.15) is 0 Å². The molecule has 1 saturated heterocycles. The van der Waals surface area contributed by atoms with E-state index in [9.17, 15) is 4.79 Å². The molecule has 6 nitrogen and oxygen atoms in total. The summed E-state index contributed by atoms with van der Waals surface area (Å²) in [6, 6.07) is 7.85. The second-order valence-electron chi connectivity index (χ2n) is 6.16. The maximum Gasteiger partial charge on any atom is 0.226 e. The summed E-state index contributed by atoms with van der Waals surface area (Å²) < 4.78 is 5.15. The molecule has 0 saturated carbocycles. The molecule has 7 heteroatoms. The van der Waals surface area contributed by atoms with Gasteiger partial charge in [0.15, 0.2) is 5.82 Å². The quantitative estimate of drug-likeness (QED) is 0.790. The number of hydrogen-bond donors (Lipinski definition) is 0. The van der Waals surface area contributed by atoms with Gasteiger partial charge in [-0.3, -0.25) is 4.79 Å². The Morgan fingerprint density at radius 3 is 2.76 bits per heavy atom. The normalized spacial score (nSPS) is 14.8. The summed E-state index contributed by atoms with van der Waals surface area (Å²) in [4.78, 5) is 20.8. The molecule has 134 valence electrons. The van der Waals surface area contributed by atoms with Crippen LogP contribution in [0.25, 0.3) is 0 Å². The highest BCUT2D eigenvalue weighted by molar-refractivity contribution is 6.30. The van der Waals surface area contributed by atoms with Crippen molar-refractivity contribution in [1.29, 1.82) is 0 Å². The van der Waals surface area contributed by atoms with Crippen LogP contribution in [0.3, 0.4) is 0 Å². The van der Waals surface area contributed by atoms with Gasteiger partial charge in [0.05, 0.1) is 0 Å². The van der Waals surface area contributed by atoms with Crippen LogP contribution in [-0.2, 0) is 17.6 Å². The first-order chi connectivity index (χ1) is 12.2. The fraction of sp³-hybridized carbons (Fsp3) is 0.500. The largest absolute Gasteiger partial charge is 0.368 e. The minimum absolute atomic E-state index is 0.195. The number of nitrogens with zero attached hydrogens (tertiary/aromatic N) is 4. The molecule has 1 aliphatic rings. The van der Waals surface area contributed by atoms with Gasteiger partial charge in [-0.1, -0.05) is 29.7 Å². The Morgan fingerprint density at radius 2 is 2.08 bits per heavy atom. The van der Waals surface area contributed by atoms with E-state index in [2.05, 4.69) is 21.1 Å². The van der Waals surface area contributed by atoms with E-state index in [1.165, 1.54) is 0 Å². The maximum absolute atomic E-state index is 12.4. The van der Waals surface area contributed by atoms with E-state index in [1.807, 2.05) is 30.0 Å². The van der Waals surface area contributed by atoms with E-state index >= 15 is 0 Å². The Bertz CT molecular complexity index is 711. The molecule has 1 aliphatic heterocycles. The lowest BCUT2D eigenvalue weighted by Gasteiger charge is -2.36. The molecule has 3 rings (SSSR count). The molecule has 0 unspecified atom stereocenters. The Morgan fingerprint density at radius 1 is 1.28 bits per heavy atom. The van der Waals surface area contributed by atoms with Crippen LogP contribution in [0.5, 0.6) is 0 Å². The number of amides is 1. The molecule has 0 aliphatic carbocycles. The van der Waals surface area contributed by atoms with Gasteiger partial charge in [0.25, 0.3) is 0 Å². The van der Waals surface area contributed by atoms with Crippen LogP contribution in [0.15, 0.2) is 28.8 Å². The lowest BCUT2D eigenvalue weighted by molar-refractivity contribution is -0.131. The zero-order chi connectivity index (χ0) is 17.6. The lowest BCUT2D eigenvalue weighted by Crippen LogP contribution is -2.48. The van der Waals surface area contributed by atoms with Crippen LogP contribution in [0.1, 0.15) is 31.5 Å². The molecule has 0 N–H and O–H groups in total. The minimum atomic E-state index is 0.195. The van der Waals surface area contributed by atoms with Crippen LogP contribution >= 0.6 is 11.6 Å². The number of carbonyl (C=O) groups excluding carboxylic acids is 1. The number of benzene rings is 1. The molecule has 1 aromatic heterocycles. The summed E-state index contributed by atoms with van der Waals surface area (Å²) in [6.07, 6.45) is 2.67. The first-order valence-electron chi connectivity index (χ1n) is 8.75. The number of rotatable bonds is 6. The fourth-order valence-corrected chi connectivity index (χ4v) is 3.16. The number of piperazine rings is 1. The van der Waals surface area contributed by atoms with Crippen LogP contribution < -0.4 is 4.90 Å². The summed E-state index contributed by atoms with van der Waals surface area (Å²) in [5.41, 5.74) is 1.11. The van der Waals surface area contributed by atoms with Crippen molar-refractivity contribution in [3.05, 3.63) is 41.0 Å². The molecule has 0 spiro atoms. The van der Waals surface area contributed by atoms with Crippen molar-refractivity contribution in [1.82, 2.24) is 15.0 Å². The van der Waals surface area contributed by atoms with E-state index in [1.54, 1.807) is 0 Å². The van der Waals surface area contributed by atoms with Crippen LogP contribution in [0.2, 0.25) is 5.02 Å². The lowest BCUT2D eigenvalue weighted by atomic mass is 10.2. The monoisotopic (exact) mass is 362 g/mol. The standard InChI is InChI=1S/C18H23ClN4O2/c1-2-16-20-17(25-21-16)7-4-8-18(24)23-11-9-22(10-12-23)15-6-3-5-14(19)13-15/h3,5-6,13H,2,4,7-12H2,1H3. The third kappa shape index (κ3) is 4.72. The highest BCUT2D eigenvalue weighted by atomic mass is 35.5. The molecule has 2 heterocycles. The zero-order valence-electron chi connectivity index (χ0n) is 14.4. The third-order valence-electron chi connectivity index (χ3n) is 4.41. The molecule has 0 atom stereocenters. The second kappa shape index (κ2) is 8.34. The predicted molar refractivity (Wildman–Crippen MR) is 96.9 cm³/mol. The highest BCUT2D eigenvalue weighted by Gasteiger charge is 2.21. The van der Waals surface area contributed by atoms with Gasteiger partial charge in [-0.05, 0) is 24.6 Å². The number of hydrogen-bond acceptors (Lipinski definition) is 5. The molecule has 0 radical (unpaired) electrons. The zero-order valence-corrected chi connectivity index (χ0v) is 15.2. The first-order valence-corrected chi connectivity index (χ1v) is 9.13. The van der Waals surface area contributed by atoms with Crippen LogP contribution in [0.4, 0.5) is 5.69 Å². The Hall–Kier alpha value is -2.08. The average Bonchev–Trinajstić information content (AvgIpc) is 3.10. The van der Waals surface area contributed by atoms with Crippen LogP contribution in [-0.4, -0.2) is 47.1 Å². The van der Waals surface area contributed by atoms with E-state index in [4.69, 9.17) is 16.1 Å². The number of carbonyl (C=O) groups is 1. The second-order valence-corrected chi connectivity index (χ2v) is 6.60. The van der Waals surface area contributed by atoms with E-state index in [0.717, 1.165) is 55.6 Å². The maximum atomic E-state index is 12.4. The van der Waals surface area contributed by atoms with E-state index in [0.29, 0.717) is 18.7 Å². The molecule has 1 fully saturated rings. The molecule has 25 heavy (non-hydrogen) atoms. The SMILES string of the molecule is CCc1noc(CCCC(=O)N2CCN(c3cccc(Cl)c3)CC2)n1. The van der Waals surface area contributed by atoms with Crippen molar-refractivity contribution in [2.75, 3.05) is 31.1 Å². The minimum Gasteiger partial charge on any atom is -0.368 e. The van der Waals surface area contributed by atoms with Crippen molar-refractivity contribution >= 4 is 23.2 Å².